The topological polar surface area (TPSA) is 20.2 Å². The number of phenols is 1. The van der Waals surface area contributed by atoms with Crippen LogP contribution in [0.1, 0.15) is 119 Å². The van der Waals surface area contributed by atoms with E-state index in [1.807, 2.05) is 24.3 Å². The van der Waals surface area contributed by atoms with E-state index < -0.39 is 0 Å². The monoisotopic (exact) mass is 1580 g/mol. The molecule has 1 aliphatic carbocycles. The smallest absolute Gasteiger partial charge is 0.169 e. The van der Waals surface area contributed by atoms with Crippen molar-refractivity contribution < 1.29 is 5.11 Å². The Morgan fingerprint density at radius 1 is 0.228 bits per heavy atom. The average molecular weight is 1580 g/mol. The van der Waals surface area contributed by atoms with Gasteiger partial charge < -0.3 is 5.11 Å². The van der Waals surface area contributed by atoms with Crippen molar-refractivity contribution in [3.05, 3.63) is 445 Å². The summed E-state index contributed by atoms with van der Waals surface area (Å²) in [5.41, 5.74) is 10.00. The molecule has 0 atom stereocenters. The Bertz CT molecular complexity index is 5070. The van der Waals surface area contributed by atoms with Crippen molar-refractivity contribution in [2.45, 2.75) is 192 Å². The number of aromatic hydroxyl groups is 1. The fraction of sp³-hybridized carbons (Fsp3) is 0.167. The summed E-state index contributed by atoms with van der Waals surface area (Å²) < 4.78 is 0. The molecular formula is C108H109OS5+5. The highest BCUT2D eigenvalue weighted by Gasteiger charge is 2.34. The number of aryl methyl sites for hydroxylation is 4. The SMILES string of the molecule is CC(C)(C)c1ccc([S+](c2ccccc2)c2ccc(C(C)(C)C)cc2)cc1.Cc1cc(C)cc([S+](c2ccccc2)c2ccccc2)c1.Cc1ccc([S+](c2ccccc2)c2ccccc2)c(C)c1.Oc1ccc([S+](c2ccccc2)c2ccccc2)cc1.c1ccc([S+](c2ccccc2)c2ccc(C3CCCCC3)cc2)cc1. The van der Waals surface area contributed by atoms with Crippen LogP contribution in [0.3, 0.4) is 0 Å². The quantitative estimate of drug-likeness (QED) is 0.0956. The van der Waals surface area contributed by atoms with Gasteiger partial charge in [-0.2, -0.15) is 0 Å². The first kappa shape index (κ1) is 83.3. The molecule has 6 heteroatoms. The van der Waals surface area contributed by atoms with Gasteiger partial charge in [-0.3, -0.25) is 0 Å². The molecule has 1 aliphatic rings. The van der Waals surface area contributed by atoms with Crippen molar-refractivity contribution in [2.24, 2.45) is 0 Å². The summed E-state index contributed by atoms with van der Waals surface area (Å²) in [4.78, 5) is 20.4. The van der Waals surface area contributed by atoms with Gasteiger partial charge in [0.25, 0.3) is 0 Å². The first-order valence-corrected chi connectivity index (χ1v) is 46.0. The third-order valence-electron chi connectivity index (χ3n) is 20.0. The number of rotatable bonds is 16. The molecule has 0 aromatic heterocycles. The fourth-order valence-electron chi connectivity index (χ4n) is 14.2. The minimum absolute atomic E-state index is 0.0278. The lowest BCUT2D eigenvalue weighted by Gasteiger charge is -2.22. The van der Waals surface area contributed by atoms with Crippen molar-refractivity contribution in [3.63, 3.8) is 0 Å². The molecule has 1 nitrogen and oxygen atoms in total. The largest absolute Gasteiger partial charge is 0.508 e. The maximum atomic E-state index is 9.48. The van der Waals surface area contributed by atoms with E-state index >= 15 is 0 Å². The summed E-state index contributed by atoms with van der Waals surface area (Å²) in [6, 6.07) is 146. The highest BCUT2D eigenvalue weighted by atomic mass is 32.2. The first-order chi connectivity index (χ1) is 55.4. The number of benzene rings is 15. The summed E-state index contributed by atoms with van der Waals surface area (Å²) in [5, 5.41) is 9.48. The lowest BCUT2D eigenvalue weighted by Crippen LogP contribution is -2.12. The lowest BCUT2D eigenvalue weighted by molar-refractivity contribution is 0.443. The van der Waals surface area contributed by atoms with Gasteiger partial charge in [0, 0.05) is 5.56 Å². The van der Waals surface area contributed by atoms with Gasteiger partial charge in [-0.1, -0.05) is 285 Å². The van der Waals surface area contributed by atoms with E-state index in [9.17, 15) is 5.11 Å². The van der Waals surface area contributed by atoms with Crippen LogP contribution in [0.2, 0.25) is 0 Å². The molecule has 15 aromatic carbocycles. The van der Waals surface area contributed by atoms with Crippen LogP contribution >= 0.6 is 0 Å². The van der Waals surface area contributed by atoms with Gasteiger partial charge in [-0.15, -0.1) is 0 Å². The Kier molecular flexibility index (Phi) is 30.1. The summed E-state index contributed by atoms with van der Waals surface area (Å²) in [6.45, 7) is 22.3. The zero-order valence-electron chi connectivity index (χ0n) is 67.8. The van der Waals surface area contributed by atoms with Gasteiger partial charge >= 0.3 is 0 Å². The maximum absolute atomic E-state index is 9.48. The number of hydrogen-bond donors (Lipinski definition) is 1. The Morgan fingerprint density at radius 3 is 0.746 bits per heavy atom. The van der Waals surface area contributed by atoms with Crippen LogP contribution in [0.4, 0.5) is 0 Å². The molecule has 114 heavy (non-hydrogen) atoms. The molecule has 16 rings (SSSR count). The standard InChI is InChI=1S/C26H31S.C24H25S.2C20H19S.C18H14OS/c1-25(2,3)20-12-16-23(17-13-20)27(22-10-8-7-9-11-22)24-18-14-21(15-19-24)26(4,5)6;1-4-10-20(11-5-1)21-16-18-24(19-17-21)25(22-12-6-2-7-13-22)23-14-8-3-9-15-23;1-16-13-17(2)15-20(14-16)21(18-9-5-3-6-10-18)19-11-7-4-8-12-19;1-16-13-14-20(17(2)15-16)21(18-9-5-3-6-10-18)19-11-7-4-8-12-19;19-15-11-13-18(14-12-15)20(16-7-3-1-4-8-16)17-9-5-2-6-10-17/h7-19H,1-6H3;2-3,6-9,12-20H,1,4-5,10-11H2;2*3-15H,1-2H3;1-14H/q4*+1;/p+1. The summed E-state index contributed by atoms with van der Waals surface area (Å²) in [5.74, 6) is 1.08. The van der Waals surface area contributed by atoms with Crippen molar-refractivity contribution in [2.75, 3.05) is 0 Å². The second-order valence-electron chi connectivity index (χ2n) is 30.9. The fourth-order valence-corrected chi connectivity index (χ4v) is 24.9. The van der Waals surface area contributed by atoms with Crippen LogP contribution < -0.4 is 0 Å². The van der Waals surface area contributed by atoms with Gasteiger partial charge in [-0.05, 0) is 273 Å². The molecule has 572 valence electrons. The Hall–Kier alpha value is -10.2. The lowest BCUT2D eigenvalue weighted by atomic mass is 9.84. The predicted octanol–water partition coefficient (Wildman–Crippen LogP) is 29.5. The Morgan fingerprint density at radius 2 is 0.474 bits per heavy atom. The van der Waals surface area contributed by atoms with E-state index in [0.29, 0.717) is 5.75 Å². The third-order valence-corrected chi connectivity index (χ3v) is 31.2. The minimum atomic E-state index is -0.134. The van der Waals surface area contributed by atoms with E-state index in [1.54, 1.807) is 12.1 Å². The molecule has 0 saturated heterocycles. The first-order valence-electron chi connectivity index (χ1n) is 39.8. The van der Waals surface area contributed by atoms with Gasteiger partial charge in [0.1, 0.15) is 5.75 Å². The van der Waals surface area contributed by atoms with E-state index in [1.165, 1.54) is 144 Å². The zero-order valence-corrected chi connectivity index (χ0v) is 71.9. The summed E-state index contributed by atoms with van der Waals surface area (Å²) in [7, 11) is -0.316. The van der Waals surface area contributed by atoms with Gasteiger partial charge in [0.15, 0.2) is 73.4 Å². The third kappa shape index (κ3) is 23.3. The van der Waals surface area contributed by atoms with Gasteiger partial charge in [0.2, 0.25) is 0 Å². The van der Waals surface area contributed by atoms with Crippen LogP contribution in [-0.2, 0) is 65.3 Å². The molecule has 0 bridgehead atoms. The molecule has 0 unspecified atom stereocenters. The molecule has 1 N–H and O–H groups in total. The van der Waals surface area contributed by atoms with Crippen molar-refractivity contribution in [3.8, 4) is 5.75 Å². The van der Waals surface area contributed by atoms with E-state index in [-0.39, 0.29) is 65.3 Å². The van der Waals surface area contributed by atoms with Crippen LogP contribution in [-0.4, -0.2) is 5.11 Å². The van der Waals surface area contributed by atoms with Gasteiger partial charge in [0.05, 0.1) is 54.5 Å². The van der Waals surface area contributed by atoms with Gasteiger partial charge in [-0.25, -0.2) is 0 Å². The Labute approximate surface area is 696 Å². The highest BCUT2D eigenvalue weighted by molar-refractivity contribution is 7.98. The Balaban J connectivity index is 0.000000132. The summed E-state index contributed by atoms with van der Waals surface area (Å²) in [6.07, 6.45) is 6.93. The molecule has 0 amide bonds. The van der Waals surface area contributed by atoms with Crippen molar-refractivity contribution in [1.29, 1.82) is 0 Å². The van der Waals surface area contributed by atoms with Crippen LogP contribution in [0.25, 0.3) is 0 Å². The van der Waals surface area contributed by atoms with E-state index in [4.69, 9.17) is 0 Å². The molecule has 0 spiro atoms. The number of phenolic OH excluding ortho intramolecular Hbond substituents is 1. The predicted molar refractivity (Wildman–Crippen MR) is 491 cm³/mol. The number of hydrogen-bond acceptors (Lipinski definition) is 1. The molecule has 1 saturated carbocycles. The molecule has 0 radical (unpaired) electrons. The van der Waals surface area contributed by atoms with Crippen molar-refractivity contribution in [1.82, 2.24) is 0 Å². The molecule has 0 heterocycles. The average Bonchev–Trinajstić information content (AvgIpc) is 0.747. The van der Waals surface area contributed by atoms with Crippen LogP contribution in [0.15, 0.2) is 480 Å². The van der Waals surface area contributed by atoms with Crippen LogP contribution in [0, 0.1) is 27.7 Å². The van der Waals surface area contributed by atoms with Crippen LogP contribution in [0.5, 0.6) is 5.75 Å². The van der Waals surface area contributed by atoms with E-state index in [2.05, 4.69) is 439 Å². The summed E-state index contributed by atoms with van der Waals surface area (Å²) >= 11 is 0. The second-order valence-corrected chi connectivity index (χ2v) is 41.0. The maximum Gasteiger partial charge on any atom is 0.169 e. The molecular weight excluding hydrogens is 1470 g/mol. The highest BCUT2D eigenvalue weighted by Crippen LogP contribution is 2.40. The second kappa shape index (κ2) is 41.2. The normalized spacial score (nSPS) is 12.2. The molecule has 1 fully saturated rings. The van der Waals surface area contributed by atoms with E-state index in [0.717, 1.165) is 5.92 Å². The van der Waals surface area contributed by atoms with Crippen molar-refractivity contribution >= 4 is 54.5 Å². The molecule has 15 aromatic rings. The minimum Gasteiger partial charge on any atom is -0.508 e. The zero-order chi connectivity index (χ0) is 79.7. The molecule has 0 aliphatic heterocycles.